The summed E-state index contributed by atoms with van der Waals surface area (Å²) in [6.07, 6.45) is 5.30. The lowest BCUT2D eigenvalue weighted by Crippen LogP contribution is -2.40. The first kappa shape index (κ1) is 12.7. The summed E-state index contributed by atoms with van der Waals surface area (Å²) in [7, 11) is 0. The molecule has 0 aliphatic heterocycles. The van der Waals surface area contributed by atoms with E-state index in [1.54, 1.807) is 6.08 Å². The number of aliphatic hydroxyl groups excluding tert-OH is 1. The van der Waals surface area contributed by atoms with Gasteiger partial charge in [-0.05, 0) is 19.8 Å². The number of rotatable bonds is 6. The molecule has 0 fully saturated rings. The molecule has 77 valence electrons. The molecule has 2 heteroatoms. The van der Waals surface area contributed by atoms with Gasteiger partial charge in [0.2, 0.25) is 0 Å². The molecule has 1 radical (unpaired) electrons. The average Bonchev–Trinajstić information content (AvgIpc) is 2.05. The van der Waals surface area contributed by atoms with E-state index >= 15 is 0 Å². The molecule has 0 rings (SSSR count). The molecule has 0 aliphatic carbocycles. The molecule has 0 saturated carbocycles. The lowest BCUT2D eigenvalue weighted by atomic mass is 9.87. The standard InChI is InChI=1S/C11H21O2/c1-4-7-10(12)11(13,8-5-2)9-6-3/h4,7,10,12-13H,1,5-6,8-9H2,2-3H3. The largest absolute Gasteiger partial charge is 0.387 e. The highest BCUT2D eigenvalue weighted by Gasteiger charge is 2.31. The van der Waals surface area contributed by atoms with E-state index in [9.17, 15) is 10.2 Å². The molecule has 0 spiro atoms. The van der Waals surface area contributed by atoms with Gasteiger partial charge in [-0.25, -0.2) is 0 Å². The minimum atomic E-state index is -0.961. The molecule has 0 bridgehead atoms. The molecule has 13 heavy (non-hydrogen) atoms. The predicted octanol–water partition coefficient (Wildman–Crippen LogP) is 2.07. The molecule has 0 aromatic heterocycles. The Bertz CT molecular complexity index is 146. The van der Waals surface area contributed by atoms with Crippen molar-refractivity contribution < 1.29 is 10.2 Å². The van der Waals surface area contributed by atoms with Crippen molar-refractivity contribution in [2.45, 2.75) is 51.2 Å². The Morgan fingerprint density at radius 1 is 1.31 bits per heavy atom. The summed E-state index contributed by atoms with van der Waals surface area (Å²) in [5.41, 5.74) is -0.961. The van der Waals surface area contributed by atoms with Crippen molar-refractivity contribution in [2.24, 2.45) is 0 Å². The fourth-order valence-electron chi connectivity index (χ4n) is 1.59. The van der Waals surface area contributed by atoms with Crippen molar-refractivity contribution in [2.75, 3.05) is 0 Å². The van der Waals surface area contributed by atoms with Crippen LogP contribution in [0.1, 0.15) is 39.5 Å². The summed E-state index contributed by atoms with van der Waals surface area (Å²) >= 11 is 0. The molecular formula is C11H21O2. The van der Waals surface area contributed by atoms with Crippen LogP contribution in [-0.4, -0.2) is 21.9 Å². The van der Waals surface area contributed by atoms with Crippen LogP contribution in [0.25, 0.3) is 0 Å². The van der Waals surface area contributed by atoms with Gasteiger partial charge in [0.1, 0.15) is 6.10 Å². The fourth-order valence-corrected chi connectivity index (χ4v) is 1.59. The zero-order chi connectivity index (χ0) is 10.3. The van der Waals surface area contributed by atoms with Gasteiger partial charge in [0.05, 0.1) is 5.60 Å². The van der Waals surface area contributed by atoms with E-state index in [2.05, 4.69) is 6.92 Å². The van der Waals surface area contributed by atoms with Gasteiger partial charge in [0.25, 0.3) is 0 Å². The second-order valence-corrected chi connectivity index (χ2v) is 3.48. The first-order chi connectivity index (χ1) is 6.10. The Labute approximate surface area is 81.3 Å². The maximum Gasteiger partial charge on any atom is 0.101 e. The molecule has 0 aromatic carbocycles. The van der Waals surface area contributed by atoms with Crippen LogP contribution in [-0.2, 0) is 0 Å². The van der Waals surface area contributed by atoms with E-state index in [0.717, 1.165) is 12.8 Å². The van der Waals surface area contributed by atoms with E-state index in [-0.39, 0.29) is 0 Å². The van der Waals surface area contributed by atoms with Crippen LogP contribution in [0.5, 0.6) is 0 Å². The van der Waals surface area contributed by atoms with E-state index in [1.807, 2.05) is 13.8 Å². The van der Waals surface area contributed by atoms with Gasteiger partial charge in [-0.2, -0.15) is 0 Å². The van der Waals surface area contributed by atoms with Crippen molar-refractivity contribution >= 4 is 0 Å². The van der Waals surface area contributed by atoms with Crippen LogP contribution >= 0.6 is 0 Å². The van der Waals surface area contributed by atoms with Gasteiger partial charge < -0.3 is 10.2 Å². The van der Waals surface area contributed by atoms with Gasteiger partial charge in [0.15, 0.2) is 0 Å². The summed E-state index contributed by atoms with van der Waals surface area (Å²) in [5, 5.41) is 19.7. The summed E-state index contributed by atoms with van der Waals surface area (Å²) in [5.74, 6) is 0. The lowest BCUT2D eigenvalue weighted by Gasteiger charge is -2.31. The SMILES string of the molecule is [CH2]C=CC(O)C(O)(CCC)CCC. The fraction of sp³-hybridized carbons (Fsp3) is 0.727. The quantitative estimate of drug-likeness (QED) is 0.665. The van der Waals surface area contributed by atoms with E-state index < -0.39 is 11.7 Å². The minimum Gasteiger partial charge on any atom is -0.387 e. The maximum atomic E-state index is 10.1. The number of hydrogen-bond donors (Lipinski definition) is 2. The second-order valence-electron chi connectivity index (χ2n) is 3.48. The third-order valence-corrected chi connectivity index (χ3v) is 2.23. The monoisotopic (exact) mass is 185 g/mol. The molecular weight excluding hydrogens is 164 g/mol. The van der Waals surface area contributed by atoms with Crippen LogP contribution < -0.4 is 0 Å². The summed E-state index contributed by atoms with van der Waals surface area (Å²) < 4.78 is 0. The maximum absolute atomic E-state index is 10.1. The molecule has 0 heterocycles. The highest BCUT2D eigenvalue weighted by molar-refractivity contribution is 5.00. The highest BCUT2D eigenvalue weighted by atomic mass is 16.3. The highest BCUT2D eigenvalue weighted by Crippen LogP contribution is 2.24. The van der Waals surface area contributed by atoms with Crippen LogP contribution in [0.2, 0.25) is 0 Å². The Morgan fingerprint density at radius 3 is 2.08 bits per heavy atom. The van der Waals surface area contributed by atoms with Gasteiger partial charge in [0, 0.05) is 0 Å². The molecule has 1 atom stereocenters. The smallest absolute Gasteiger partial charge is 0.101 e. The minimum absolute atomic E-state index is 0.631. The van der Waals surface area contributed by atoms with Crippen molar-refractivity contribution in [3.8, 4) is 0 Å². The van der Waals surface area contributed by atoms with Crippen LogP contribution in [0, 0.1) is 6.92 Å². The Balaban J connectivity index is 4.36. The first-order valence-electron chi connectivity index (χ1n) is 4.97. The van der Waals surface area contributed by atoms with Crippen molar-refractivity contribution in [3.63, 3.8) is 0 Å². The molecule has 2 nitrogen and oxygen atoms in total. The Morgan fingerprint density at radius 2 is 1.77 bits per heavy atom. The van der Waals surface area contributed by atoms with Gasteiger partial charge in [-0.3, -0.25) is 0 Å². The Hall–Kier alpha value is -0.340. The van der Waals surface area contributed by atoms with E-state index in [1.165, 1.54) is 6.08 Å². The lowest BCUT2D eigenvalue weighted by molar-refractivity contribution is -0.0647. The van der Waals surface area contributed by atoms with Gasteiger partial charge in [-0.1, -0.05) is 38.8 Å². The predicted molar refractivity (Wildman–Crippen MR) is 55.3 cm³/mol. The van der Waals surface area contributed by atoms with Crippen LogP contribution in [0.3, 0.4) is 0 Å². The first-order valence-corrected chi connectivity index (χ1v) is 4.97. The zero-order valence-electron chi connectivity index (χ0n) is 8.66. The number of allylic oxidation sites excluding steroid dienone is 1. The molecule has 0 amide bonds. The summed E-state index contributed by atoms with van der Waals surface area (Å²) in [6, 6.07) is 0. The zero-order valence-corrected chi connectivity index (χ0v) is 8.66. The van der Waals surface area contributed by atoms with Crippen molar-refractivity contribution in [1.82, 2.24) is 0 Å². The molecule has 0 aliphatic rings. The molecule has 1 unspecified atom stereocenters. The van der Waals surface area contributed by atoms with Crippen molar-refractivity contribution in [1.29, 1.82) is 0 Å². The second kappa shape index (κ2) is 6.17. The summed E-state index contributed by atoms with van der Waals surface area (Å²) in [4.78, 5) is 0. The van der Waals surface area contributed by atoms with Crippen molar-refractivity contribution in [3.05, 3.63) is 19.1 Å². The number of hydrogen-bond acceptors (Lipinski definition) is 2. The van der Waals surface area contributed by atoms with E-state index in [4.69, 9.17) is 0 Å². The average molecular weight is 185 g/mol. The van der Waals surface area contributed by atoms with Crippen LogP contribution in [0.4, 0.5) is 0 Å². The molecule has 0 saturated heterocycles. The molecule has 2 N–H and O–H groups in total. The third-order valence-electron chi connectivity index (χ3n) is 2.23. The van der Waals surface area contributed by atoms with E-state index in [0.29, 0.717) is 12.8 Å². The normalized spacial score (nSPS) is 15.2. The summed E-state index contributed by atoms with van der Waals surface area (Å²) in [6.45, 7) is 7.51. The van der Waals surface area contributed by atoms with Gasteiger partial charge in [-0.15, -0.1) is 0 Å². The molecule has 0 aromatic rings. The van der Waals surface area contributed by atoms with Crippen LogP contribution in [0.15, 0.2) is 12.2 Å². The Kier molecular flexibility index (Phi) is 6.00. The number of aliphatic hydroxyl groups is 2. The topological polar surface area (TPSA) is 40.5 Å². The third kappa shape index (κ3) is 3.92. The van der Waals surface area contributed by atoms with Gasteiger partial charge >= 0.3 is 0 Å².